The third-order valence-corrected chi connectivity index (χ3v) is 6.14. The first-order chi connectivity index (χ1) is 17.5. The van der Waals surface area contributed by atoms with E-state index in [1.165, 1.54) is 48.5 Å². The molecule has 4 aromatic carbocycles. The van der Waals surface area contributed by atoms with Crippen molar-refractivity contribution >= 4 is 44.8 Å². The minimum absolute atomic E-state index is 0.188. The molecule has 178 valence electrons. The topological polar surface area (TPSA) is 44.1 Å². The largest absolute Gasteiger partial charge is 0.422 e. The van der Waals surface area contributed by atoms with E-state index in [0.29, 0.717) is 17.9 Å². The average molecular weight is 545 g/mol. The second-order valence-corrected chi connectivity index (χ2v) is 9.00. The van der Waals surface area contributed by atoms with E-state index in [2.05, 4.69) is 15.9 Å². The molecule has 5 rings (SSSR count). The Morgan fingerprint density at radius 2 is 1.44 bits per heavy atom. The Balaban J connectivity index is 1.60. The molecule has 0 unspecified atom stereocenters. The minimum atomic E-state index is -0.666. The Bertz CT molecular complexity index is 1560. The molecule has 0 radical (unpaired) electrons. The summed E-state index contributed by atoms with van der Waals surface area (Å²) in [6.07, 6.45) is 1.66. The number of benzene rings is 4. The van der Waals surface area contributed by atoms with Crippen molar-refractivity contribution in [1.29, 1.82) is 0 Å². The van der Waals surface area contributed by atoms with Crippen LogP contribution < -0.4 is 0 Å². The Hall–Kier alpha value is -4.10. The number of rotatable bonds is 6. The molecular formula is C29H19BrF2N2O2. The van der Waals surface area contributed by atoms with E-state index in [9.17, 15) is 13.6 Å². The van der Waals surface area contributed by atoms with Gasteiger partial charge in [0.15, 0.2) is 0 Å². The fourth-order valence-electron chi connectivity index (χ4n) is 3.79. The van der Waals surface area contributed by atoms with Gasteiger partial charge in [0.1, 0.15) is 23.2 Å². The zero-order valence-corrected chi connectivity index (χ0v) is 20.5. The highest BCUT2D eigenvalue weighted by atomic mass is 79.9. The van der Waals surface area contributed by atoms with E-state index in [0.717, 1.165) is 21.1 Å². The lowest BCUT2D eigenvalue weighted by Gasteiger charge is -2.12. The van der Waals surface area contributed by atoms with Crippen LogP contribution in [-0.4, -0.2) is 15.5 Å². The molecule has 0 N–H and O–H groups in total. The van der Waals surface area contributed by atoms with Gasteiger partial charge in [0.2, 0.25) is 0 Å². The molecule has 7 heteroatoms. The highest BCUT2D eigenvalue weighted by molar-refractivity contribution is 9.10. The number of hydrogen-bond acceptors (Lipinski definition) is 3. The molecule has 0 saturated carbocycles. The molecule has 0 spiro atoms. The quantitative estimate of drug-likeness (QED) is 0.164. The van der Waals surface area contributed by atoms with Crippen molar-refractivity contribution < 1.29 is 18.3 Å². The summed E-state index contributed by atoms with van der Waals surface area (Å²) in [7, 11) is 0. The molecule has 5 aromatic rings. The Labute approximate surface area is 214 Å². The van der Waals surface area contributed by atoms with Crippen LogP contribution in [0.2, 0.25) is 0 Å². The minimum Gasteiger partial charge on any atom is -0.422 e. The summed E-state index contributed by atoms with van der Waals surface area (Å²) in [4.78, 5) is 17.6. The van der Waals surface area contributed by atoms with E-state index < -0.39 is 17.6 Å². The smallest absolute Gasteiger partial charge is 0.343 e. The van der Waals surface area contributed by atoms with Gasteiger partial charge in [0, 0.05) is 22.7 Å². The van der Waals surface area contributed by atoms with Gasteiger partial charge in [-0.25, -0.2) is 18.6 Å². The molecule has 0 saturated heterocycles. The first-order valence-corrected chi connectivity index (χ1v) is 11.9. The van der Waals surface area contributed by atoms with E-state index >= 15 is 0 Å². The fourth-order valence-corrected chi connectivity index (χ4v) is 4.06. The molecule has 36 heavy (non-hydrogen) atoms. The van der Waals surface area contributed by atoms with Gasteiger partial charge in [0.05, 0.1) is 16.6 Å². The fraction of sp³-hybridized carbons (Fsp3) is 0.0345. The van der Waals surface area contributed by atoms with Crippen LogP contribution in [-0.2, 0) is 11.3 Å². The molecule has 0 aliphatic heterocycles. The maximum absolute atomic E-state index is 13.6. The summed E-state index contributed by atoms with van der Waals surface area (Å²) in [5.74, 6) is -0.781. The van der Waals surface area contributed by atoms with Crippen molar-refractivity contribution in [3.8, 4) is 0 Å². The summed E-state index contributed by atoms with van der Waals surface area (Å²) in [5, 5.41) is 0. The van der Waals surface area contributed by atoms with Crippen LogP contribution >= 0.6 is 15.9 Å². The van der Waals surface area contributed by atoms with Crippen molar-refractivity contribution in [2.75, 3.05) is 0 Å². The van der Waals surface area contributed by atoms with Gasteiger partial charge in [-0.1, -0.05) is 40.2 Å². The molecule has 4 nitrogen and oxygen atoms in total. The summed E-state index contributed by atoms with van der Waals surface area (Å²) in [6.45, 7) is 0.530. The SMILES string of the molecule is O=C(OC(=Cc1nc2ccccc2n1Cc1ccc(Br)cc1)c1ccc(F)cc1)c1ccc(F)cc1. The van der Waals surface area contributed by atoms with Gasteiger partial charge in [-0.3, -0.25) is 0 Å². The summed E-state index contributed by atoms with van der Waals surface area (Å²) in [6, 6.07) is 26.4. The second-order valence-electron chi connectivity index (χ2n) is 8.08. The van der Waals surface area contributed by atoms with Crippen molar-refractivity contribution in [3.63, 3.8) is 0 Å². The van der Waals surface area contributed by atoms with Crippen LogP contribution in [0.1, 0.15) is 27.3 Å². The lowest BCUT2D eigenvalue weighted by atomic mass is 10.1. The van der Waals surface area contributed by atoms with Crippen molar-refractivity contribution in [3.05, 3.63) is 136 Å². The monoisotopic (exact) mass is 544 g/mol. The van der Waals surface area contributed by atoms with Crippen molar-refractivity contribution in [2.24, 2.45) is 0 Å². The van der Waals surface area contributed by atoms with Crippen molar-refractivity contribution in [2.45, 2.75) is 6.54 Å². The van der Waals surface area contributed by atoms with Crippen LogP contribution in [0.3, 0.4) is 0 Å². The molecule has 0 fully saturated rings. The lowest BCUT2D eigenvalue weighted by molar-refractivity contribution is 0.0693. The number of carbonyl (C=O) groups excluding carboxylic acids is 1. The molecular weight excluding hydrogens is 526 g/mol. The summed E-state index contributed by atoms with van der Waals surface area (Å²) >= 11 is 3.46. The van der Waals surface area contributed by atoms with E-state index in [-0.39, 0.29) is 11.3 Å². The van der Waals surface area contributed by atoms with E-state index in [1.807, 2.05) is 53.1 Å². The third kappa shape index (κ3) is 5.26. The van der Waals surface area contributed by atoms with Crippen LogP contribution in [0, 0.1) is 11.6 Å². The highest BCUT2D eigenvalue weighted by Gasteiger charge is 2.16. The lowest BCUT2D eigenvalue weighted by Crippen LogP contribution is -2.07. The van der Waals surface area contributed by atoms with E-state index in [1.54, 1.807) is 6.08 Å². The first-order valence-electron chi connectivity index (χ1n) is 11.1. The van der Waals surface area contributed by atoms with Gasteiger partial charge in [-0.2, -0.15) is 0 Å². The van der Waals surface area contributed by atoms with E-state index in [4.69, 9.17) is 9.72 Å². The maximum Gasteiger partial charge on any atom is 0.343 e. The molecule has 0 aliphatic carbocycles. The molecule has 0 aliphatic rings. The van der Waals surface area contributed by atoms with Crippen LogP contribution in [0.15, 0.2) is 102 Å². The highest BCUT2D eigenvalue weighted by Crippen LogP contribution is 2.25. The Morgan fingerprint density at radius 3 is 2.11 bits per heavy atom. The number of aromatic nitrogens is 2. The van der Waals surface area contributed by atoms with Crippen LogP contribution in [0.25, 0.3) is 22.9 Å². The zero-order chi connectivity index (χ0) is 25.1. The van der Waals surface area contributed by atoms with Crippen LogP contribution in [0.5, 0.6) is 0 Å². The molecule has 0 atom stereocenters. The average Bonchev–Trinajstić information content (AvgIpc) is 3.22. The Morgan fingerprint density at radius 1 is 0.833 bits per heavy atom. The van der Waals surface area contributed by atoms with Crippen molar-refractivity contribution in [1.82, 2.24) is 9.55 Å². The number of imidazole rings is 1. The third-order valence-electron chi connectivity index (χ3n) is 5.61. The maximum atomic E-state index is 13.6. The predicted molar refractivity (Wildman–Crippen MR) is 139 cm³/mol. The van der Waals surface area contributed by atoms with Gasteiger partial charge >= 0.3 is 5.97 Å². The number of para-hydroxylation sites is 2. The van der Waals surface area contributed by atoms with Crippen LogP contribution in [0.4, 0.5) is 8.78 Å². The number of ether oxygens (including phenoxy) is 1. The van der Waals surface area contributed by atoms with Gasteiger partial charge < -0.3 is 9.30 Å². The number of halogens is 3. The van der Waals surface area contributed by atoms with Gasteiger partial charge in [0.25, 0.3) is 0 Å². The predicted octanol–water partition coefficient (Wildman–Crippen LogP) is 7.48. The number of hydrogen-bond donors (Lipinski definition) is 0. The molecule has 1 aromatic heterocycles. The number of carbonyl (C=O) groups is 1. The number of fused-ring (bicyclic) bond motifs is 1. The molecule has 0 bridgehead atoms. The van der Waals surface area contributed by atoms with Gasteiger partial charge in [-0.05, 0) is 78.4 Å². The second kappa shape index (κ2) is 10.3. The number of nitrogens with zero attached hydrogens (tertiary/aromatic N) is 2. The molecule has 0 amide bonds. The summed E-state index contributed by atoms with van der Waals surface area (Å²) < 4.78 is 35.7. The Kier molecular flexibility index (Phi) is 6.73. The number of esters is 1. The van der Waals surface area contributed by atoms with Gasteiger partial charge in [-0.15, -0.1) is 0 Å². The zero-order valence-electron chi connectivity index (χ0n) is 18.9. The first kappa shape index (κ1) is 23.6. The normalized spacial score (nSPS) is 11.6. The summed E-state index contributed by atoms with van der Waals surface area (Å²) in [5.41, 5.74) is 3.43. The molecule has 1 heterocycles. The standard InChI is InChI=1S/C29H19BrF2N2O2/c30-22-11-5-19(6-12-22)18-34-26-4-2-1-3-25(26)33-28(34)17-27(20-7-13-23(31)14-8-20)36-29(35)21-9-15-24(32)16-10-21/h1-17H,18H2.